The molecule has 1 aliphatic heterocycles. The van der Waals surface area contributed by atoms with E-state index in [9.17, 15) is 0 Å². The Kier molecular flexibility index (Phi) is 7.47. The van der Waals surface area contributed by atoms with Crippen LogP contribution in [0.15, 0.2) is 23.5 Å². The lowest BCUT2D eigenvalue weighted by molar-refractivity contribution is 0.224. The Hall–Kier alpha value is -0.720. The van der Waals surface area contributed by atoms with Crippen molar-refractivity contribution in [2.75, 3.05) is 6.61 Å². The molecular weight excluding hydrogens is 160 g/mol. The summed E-state index contributed by atoms with van der Waals surface area (Å²) >= 11 is 0. The molecule has 0 aromatic heterocycles. The van der Waals surface area contributed by atoms with Gasteiger partial charge in [0.1, 0.15) is 5.76 Å². The van der Waals surface area contributed by atoms with Crippen molar-refractivity contribution in [3.05, 3.63) is 23.5 Å². The summed E-state index contributed by atoms with van der Waals surface area (Å²) in [5, 5.41) is 0. The molecule has 1 aliphatic rings. The molecule has 0 unspecified atom stereocenters. The van der Waals surface area contributed by atoms with Gasteiger partial charge in [-0.05, 0) is 44.8 Å². The molecule has 13 heavy (non-hydrogen) atoms. The fourth-order valence-electron chi connectivity index (χ4n) is 1.37. The Bertz CT molecular complexity index is 158. The van der Waals surface area contributed by atoms with Gasteiger partial charge in [-0.1, -0.05) is 19.9 Å². The topological polar surface area (TPSA) is 9.23 Å². The molecule has 0 atom stereocenters. The van der Waals surface area contributed by atoms with E-state index in [0.29, 0.717) is 0 Å². The highest BCUT2D eigenvalue weighted by atomic mass is 16.5. The van der Waals surface area contributed by atoms with E-state index >= 15 is 0 Å². The van der Waals surface area contributed by atoms with Gasteiger partial charge in [-0.3, -0.25) is 0 Å². The van der Waals surface area contributed by atoms with Crippen LogP contribution < -0.4 is 0 Å². The smallest absolute Gasteiger partial charge is 0.117 e. The maximum atomic E-state index is 5.55. The lowest BCUT2D eigenvalue weighted by Gasteiger charge is -2.07. The standard InChI is InChI=1S/C10H16O.C2H6/c1-3-9-7-5-6-8-11-10(9)4-2;1-2/h3-4H,5-8H2,1-2H3;1-2H3/b9-3-,10-4+;. The molecule has 0 amide bonds. The Morgan fingerprint density at radius 3 is 2.31 bits per heavy atom. The van der Waals surface area contributed by atoms with E-state index in [1.165, 1.54) is 24.8 Å². The minimum Gasteiger partial charge on any atom is -0.494 e. The third kappa shape index (κ3) is 4.16. The predicted octanol–water partition coefficient (Wildman–Crippen LogP) is 4.06. The van der Waals surface area contributed by atoms with Crippen LogP contribution >= 0.6 is 0 Å². The van der Waals surface area contributed by atoms with Gasteiger partial charge in [0, 0.05) is 0 Å². The molecule has 1 heteroatoms. The van der Waals surface area contributed by atoms with Crippen LogP contribution in [0.3, 0.4) is 0 Å². The van der Waals surface area contributed by atoms with Crippen molar-refractivity contribution in [3.63, 3.8) is 0 Å². The molecule has 0 aromatic carbocycles. The second-order valence-electron chi connectivity index (χ2n) is 2.77. The maximum Gasteiger partial charge on any atom is 0.117 e. The monoisotopic (exact) mass is 182 g/mol. The molecule has 0 radical (unpaired) electrons. The largest absolute Gasteiger partial charge is 0.494 e. The van der Waals surface area contributed by atoms with Gasteiger partial charge < -0.3 is 4.74 Å². The first-order valence-corrected chi connectivity index (χ1v) is 5.33. The maximum absolute atomic E-state index is 5.55. The van der Waals surface area contributed by atoms with Gasteiger partial charge in [0.05, 0.1) is 6.61 Å². The summed E-state index contributed by atoms with van der Waals surface area (Å²) in [6.45, 7) is 8.99. The van der Waals surface area contributed by atoms with E-state index in [1.54, 1.807) is 0 Å². The van der Waals surface area contributed by atoms with Gasteiger partial charge >= 0.3 is 0 Å². The number of rotatable bonds is 0. The normalized spacial score (nSPS) is 23.1. The van der Waals surface area contributed by atoms with E-state index < -0.39 is 0 Å². The van der Waals surface area contributed by atoms with Crippen LogP contribution in [0.2, 0.25) is 0 Å². The molecule has 0 spiro atoms. The summed E-state index contributed by atoms with van der Waals surface area (Å²) in [6, 6.07) is 0. The molecular formula is C12H22O. The minimum atomic E-state index is 0.886. The van der Waals surface area contributed by atoms with Crippen LogP contribution in [0.25, 0.3) is 0 Å². The van der Waals surface area contributed by atoms with E-state index in [2.05, 4.69) is 19.1 Å². The third-order valence-electron chi connectivity index (χ3n) is 2.03. The first kappa shape index (κ1) is 12.3. The van der Waals surface area contributed by atoms with Crippen LogP contribution in [-0.4, -0.2) is 6.61 Å². The zero-order valence-corrected chi connectivity index (χ0v) is 9.39. The molecule has 76 valence electrons. The molecule has 0 aromatic rings. The minimum absolute atomic E-state index is 0.886. The summed E-state index contributed by atoms with van der Waals surface area (Å²) in [4.78, 5) is 0. The summed E-state index contributed by atoms with van der Waals surface area (Å²) in [5.74, 6) is 1.09. The van der Waals surface area contributed by atoms with Gasteiger partial charge in [-0.15, -0.1) is 0 Å². The fraction of sp³-hybridized carbons (Fsp3) is 0.667. The first-order chi connectivity index (χ1) is 6.38. The van der Waals surface area contributed by atoms with Crippen LogP contribution in [0, 0.1) is 0 Å². The van der Waals surface area contributed by atoms with E-state index in [4.69, 9.17) is 4.74 Å². The van der Waals surface area contributed by atoms with Crippen molar-refractivity contribution >= 4 is 0 Å². The summed E-state index contributed by atoms with van der Waals surface area (Å²) in [6.07, 6.45) is 7.84. The Morgan fingerprint density at radius 2 is 1.77 bits per heavy atom. The van der Waals surface area contributed by atoms with E-state index in [1.807, 2.05) is 20.8 Å². The number of hydrogen-bond acceptors (Lipinski definition) is 1. The molecule has 0 aliphatic carbocycles. The van der Waals surface area contributed by atoms with Crippen LogP contribution in [0.5, 0.6) is 0 Å². The van der Waals surface area contributed by atoms with Crippen molar-refractivity contribution in [2.45, 2.75) is 47.0 Å². The van der Waals surface area contributed by atoms with Gasteiger partial charge in [-0.2, -0.15) is 0 Å². The lowest BCUT2D eigenvalue weighted by Crippen LogP contribution is -1.91. The molecule has 0 N–H and O–H groups in total. The Balaban J connectivity index is 0.000000671. The van der Waals surface area contributed by atoms with Gasteiger partial charge in [-0.25, -0.2) is 0 Å². The molecule has 1 saturated heterocycles. The van der Waals surface area contributed by atoms with Crippen molar-refractivity contribution in [2.24, 2.45) is 0 Å². The van der Waals surface area contributed by atoms with Gasteiger partial charge in [0.2, 0.25) is 0 Å². The highest BCUT2D eigenvalue weighted by Gasteiger charge is 2.08. The summed E-state index contributed by atoms with van der Waals surface area (Å²) < 4.78 is 5.55. The van der Waals surface area contributed by atoms with Gasteiger partial charge in [0.25, 0.3) is 0 Å². The summed E-state index contributed by atoms with van der Waals surface area (Å²) in [5.41, 5.74) is 1.37. The molecule has 1 rings (SSSR count). The Labute approximate surface area is 82.5 Å². The number of ether oxygens (including phenoxy) is 1. The van der Waals surface area contributed by atoms with Crippen LogP contribution in [-0.2, 0) is 4.74 Å². The third-order valence-corrected chi connectivity index (χ3v) is 2.03. The van der Waals surface area contributed by atoms with Crippen molar-refractivity contribution in [1.29, 1.82) is 0 Å². The second-order valence-corrected chi connectivity index (χ2v) is 2.77. The SMILES string of the molecule is C/C=C1/CCCCO/C1=C/C.CC. The second kappa shape index (κ2) is 7.90. The average molecular weight is 182 g/mol. The van der Waals surface area contributed by atoms with Gasteiger partial charge in [0.15, 0.2) is 0 Å². The lowest BCUT2D eigenvalue weighted by atomic mass is 10.1. The van der Waals surface area contributed by atoms with E-state index in [-0.39, 0.29) is 0 Å². The van der Waals surface area contributed by atoms with Crippen LogP contribution in [0.4, 0.5) is 0 Å². The molecule has 0 bridgehead atoms. The van der Waals surface area contributed by atoms with Crippen molar-refractivity contribution < 1.29 is 4.74 Å². The first-order valence-electron chi connectivity index (χ1n) is 5.33. The summed E-state index contributed by atoms with van der Waals surface area (Å²) in [7, 11) is 0. The molecule has 1 fully saturated rings. The predicted molar refractivity (Wildman–Crippen MR) is 58.7 cm³/mol. The molecule has 0 saturated carbocycles. The average Bonchev–Trinajstić information content (AvgIpc) is 2.44. The number of allylic oxidation sites excluding steroid dienone is 3. The van der Waals surface area contributed by atoms with E-state index in [0.717, 1.165) is 12.4 Å². The van der Waals surface area contributed by atoms with Crippen molar-refractivity contribution in [3.8, 4) is 0 Å². The molecule has 1 heterocycles. The molecule has 1 nitrogen and oxygen atoms in total. The highest BCUT2D eigenvalue weighted by molar-refractivity contribution is 5.25. The quantitative estimate of drug-likeness (QED) is 0.549. The van der Waals surface area contributed by atoms with Crippen molar-refractivity contribution in [1.82, 2.24) is 0 Å². The zero-order valence-electron chi connectivity index (χ0n) is 9.39. The zero-order chi connectivity index (χ0) is 10.1. The fourth-order valence-corrected chi connectivity index (χ4v) is 1.37. The number of hydrogen-bond donors (Lipinski definition) is 0. The Morgan fingerprint density at radius 1 is 1.08 bits per heavy atom. The highest BCUT2D eigenvalue weighted by Crippen LogP contribution is 2.22. The van der Waals surface area contributed by atoms with Crippen LogP contribution in [0.1, 0.15) is 47.0 Å².